The van der Waals surface area contributed by atoms with Gasteiger partial charge in [0.2, 0.25) is 10.0 Å². The van der Waals surface area contributed by atoms with Crippen LogP contribution in [-0.4, -0.2) is 43.6 Å². The first-order valence-corrected chi connectivity index (χ1v) is 10.5. The summed E-state index contributed by atoms with van der Waals surface area (Å²) in [5.41, 5.74) is 0. The topological polar surface area (TPSA) is 92.7 Å². The molecule has 1 aromatic rings. The van der Waals surface area contributed by atoms with Gasteiger partial charge in [-0.1, -0.05) is 19.3 Å². The van der Waals surface area contributed by atoms with Crippen molar-refractivity contribution >= 4 is 27.8 Å². The van der Waals surface area contributed by atoms with Crippen LogP contribution in [0.25, 0.3) is 0 Å². The van der Waals surface area contributed by atoms with Gasteiger partial charge in [0.25, 0.3) is 0 Å². The Morgan fingerprint density at radius 3 is 2.29 bits per heavy atom. The number of ether oxygens (including phenoxy) is 1. The maximum atomic E-state index is 12.6. The molecular weight excluding hydrogens is 350 g/mol. The molecule has 8 heteroatoms. The normalized spacial score (nSPS) is 18.8. The summed E-state index contributed by atoms with van der Waals surface area (Å²) >= 11 is 1.44. The number of nitrogens with one attached hydrogen (secondary N) is 1. The Bertz CT molecular complexity index is 666. The summed E-state index contributed by atoms with van der Waals surface area (Å²) in [6.07, 6.45) is 6.11. The third-order valence-electron chi connectivity index (χ3n) is 4.52. The fraction of sp³-hybridized carbons (Fsp3) is 0.562. The lowest BCUT2D eigenvalue weighted by Gasteiger charge is -2.40. The van der Waals surface area contributed by atoms with E-state index in [1.165, 1.54) is 43.1 Å². The predicted octanol–water partition coefficient (Wildman–Crippen LogP) is 2.49. The first kappa shape index (κ1) is 19.1. The average molecular weight is 373 g/mol. The lowest BCUT2D eigenvalue weighted by atomic mass is 9.83. The first-order valence-electron chi connectivity index (χ1n) is 7.79. The average Bonchev–Trinajstić information content (AvgIpc) is 2.60. The number of sulfonamides is 1. The molecule has 0 aliphatic heterocycles. The van der Waals surface area contributed by atoms with Crippen molar-refractivity contribution in [3.63, 3.8) is 0 Å². The SMILES string of the molecule is COc1ccc(S(=O)(=O)NC(C(=O)O)C2(SC)CCCCC2)cc1. The van der Waals surface area contributed by atoms with Crippen molar-refractivity contribution in [1.29, 1.82) is 0 Å². The number of methoxy groups -OCH3 is 1. The number of carboxylic acids is 1. The molecule has 2 rings (SSSR count). The minimum absolute atomic E-state index is 0.0293. The van der Waals surface area contributed by atoms with E-state index < -0.39 is 26.8 Å². The number of aliphatic carboxylic acids is 1. The van der Waals surface area contributed by atoms with Crippen LogP contribution in [0.15, 0.2) is 29.2 Å². The van der Waals surface area contributed by atoms with Crippen molar-refractivity contribution in [2.75, 3.05) is 13.4 Å². The molecule has 1 aliphatic rings. The van der Waals surface area contributed by atoms with Crippen LogP contribution in [-0.2, 0) is 14.8 Å². The molecule has 1 atom stereocenters. The zero-order valence-corrected chi connectivity index (χ0v) is 15.5. The quantitative estimate of drug-likeness (QED) is 0.763. The number of benzene rings is 1. The molecule has 0 saturated heterocycles. The van der Waals surface area contributed by atoms with E-state index in [0.717, 1.165) is 19.3 Å². The van der Waals surface area contributed by atoms with E-state index in [-0.39, 0.29) is 4.90 Å². The second-order valence-corrected chi connectivity index (χ2v) is 8.83. The van der Waals surface area contributed by atoms with Gasteiger partial charge in [-0.15, -0.1) is 0 Å². The summed E-state index contributed by atoms with van der Waals surface area (Å²) < 4.78 is 32.1. The molecule has 1 unspecified atom stereocenters. The van der Waals surface area contributed by atoms with Crippen molar-refractivity contribution in [1.82, 2.24) is 4.72 Å². The molecule has 24 heavy (non-hydrogen) atoms. The predicted molar refractivity (Wildman–Crippen MR) is 94.1 cm³/mol. The minimum atomic E-state index is -3.93. The summed E-state index contributed by atoms with van der Waals surface area (Å²) in [6, 6.07) is 4.74. The number of thioether (sulfide) groups is 1. The minimum Gasteiger partial charge on any atom is -0.497 e. The van der Waals surface area contributed by atoms with Gasteiger partial charge in [0, 0.05) is 4.75 Å². The third-order valence-corrected chi connectivity index (χ3v) is 7.42. The van der Waals surface area contributed by atoms with Crippen LogP contribution in [0.4, 0.5) is 0 Å². The zero-order valence-electron chi connectivity index (χ0n) is 13.8. The molecule has 2 N–H and O–H groups in total. The fourth-order valence-electron chi connectivity index (χ4n) is 3.12. The van der Waals surface area contributed by atoms with Crippen LogP contribution in [0, 0.1) is 0 Å². The van der Waals surface area contributed by atoms with Gasteiger partial charge >= 0.3 is 5.97 Å². The van der Waals surface area contributed by atoms with Crippen molar-refractivity contribution in [2.45, 2.75) is 47.8 Å². The molecular formula is C16H23NO5S2. The van der Waals surface area contributed by atoms with Crippen molar-refractivity contribution in [3.05, 3.63) is 24.3 Å². The maximum absolute atomic E-state index is 12.6. The first-order chi connectivity index (χ1) is 11.3. The molecule has 0 aromatic heterocycles. The highest BCUT2D eigenvalue weighted by Crippen LogP contribution is 2.42. The van der Waals surface area contributed by atoms with Crippen LogP contribution in [0.5, 0.6) is 5.75 Å². The van der Waals surface area contributed by atoms with Gasteiger partial charge in [-0.25, -0.2) is 8.42 Å². The van der Waals surface area contributed by atoms with Crippen molar-refractivity contribution in [2.24, 2.45) is 0 Å². The molecule has 0 radical (unpaired) electrons. The molecule has 0 bridgehead atoms. The second kappa shape index (κ2) is 7.76. The van der Waals surface area contributed by atoms with Crippen LogP contribution < -0.4 is 9.46 Å². The highest BCUT2D eigenvalue weighted by molar-refractivity contribution is 8.00. The molecule has 134 valence electrons. The molecule has 0 heterocycles. The zero-order chi connectivity index (χ0) is 17.8. The number of carbonyl (C=O) groups is 1. The van der Waals surface area contributed by atoms with E-state index in [4.69, 9.17) is 4.74 Å². The summed E-state index contributed by atoms with van der Waals surface area (Å²) in [7, 11) is -2.43. The molecule has 0 amide bonds. The number of rotatable bonds is 7. The Balaban J connectivity index is 2.29. The van der Waals surface area contributed by atoms with Gasteiger partial charge in [0.1, 0.15) is 11.8 Å². The maximum Gasteiger partial charge on any atom is 0.323 e. The standard InChI is InChI=1S/C16H23NO5S2/c1-22-12-6-8-13(9-7-12)24(20,21)17-14(15(18)19)16(23-2)10-4-3-5-11-16/h6-9,14,17H,3-5,10-11H2,1-2H3,(H,18,19). The van der Waals surface area contributed by atoms with E-state index in [0.29, 0.717) is 18.6 Å². The lowest BCUT2D eigenvalue weighted by Crippen LogP contribution is -2.55. The van der Waals surface area contributed by atoms with Crippen molar-refractivity contribution < 1.29 is 23.1 Å². The number of carboxylic acid groups (broad SMARTS) is 1. The smallest absolute Gasteiger partial charge is 0.323 e. The molecule has 0 spiro atoms. The molecule has 1 aliphatic carbocycles. The van der Waals surface area contributed by atoms with Crippen molar-refractivity contribution in [3.8, 4) is 5.75 Å². The Kier molecular flexibility index (Phi) is 6.17. The van der Waals surface area contributed by atoms with Gasteiger partial charge in [0.15, 0.2) is 0 Å². The van der Waals surface area contributed by atoms with E-state index in [9.17, 15) is 18.3 Å². The van der Waals surface area contributed by atoms with Gasteiger partial charge in [-0.3, -0.25) is 4.79 Å². The Morgan fingerprint density at radius 1 is 1.25 bits per heavy atom. The van der Waals surface area contributed by atoms with E-state index in [2.05, 4.69) is 4.72 Å². The van der Waals surface area contributed by atoms with Gasteiger partial charge in [-0.05, 0) is 43.4 Å². The van der Waals surface area contributed by atoms with Crippen LogP contribution in [0.2, 0.25) is 0 Å². The van der Waals surface area contributed by atoms with Gasteiger partial charge < -0.3 is 9.84 Å². The number of hydrogen-bond acceptors (Lipinski definition) is 5. The summed E-state index contributed by atoms with van der Waals surface area (Å²) in [4.78, 5) is 11.8. The summed E-state index contributed by atoms with van der Waals surface area (Å²) in [6.45, 7) is 0. The van der Waals surface area contributed by atoms with Crippen LogP contribution in [0.1, 0.15) is 32.1 Å². The molecule has 1 aromatic carbocycles. The van der Waals surface area contributed by atoms with Gasteiger partial charge in [-0.2, -0.15) is 16.5 Å². The van der Waals surface area contributed by atoms with E-state index >= 15 is 0 Å². The van der Waals surface area contributed by atoms with Crippen LogP contribution in [0.3, 0.4) is 0 Å². The Morgan fingerprint density at radius 2 is 1.83 bits per heavy atom. The van der Waals surface area contributed by atoms with Gasteiger partial charge in [0.05, 0.1) is 12.0 Å². The fourth-order valence-corrected chi connectivity index (χ4v) is 5.56. The lowest BCUT2D eigenvalue weighted by molar-refractivity contribution is -0.140. The molecule has 1 fully saturated rings. The highest BCUT2D eigenvalue weighted by atomic mass is 32.2. The monoisotopic (exact) mass is 373 g/mol. The Labute approximate surface area is 147 Å². The van der Waals surface area contributed by atoms with E-state index in [1.807, 2.05) is 6.26 Å². The highest BCUT2D eigenvalue weighted by Gasteiger charge is 2.45. The Hall–Kier alpha value is -1.25. The largest absolute Gasteiger partial charge is 0.497 e. The second-order valence-electron chi connectivity index (χ2n) is 5.90. The van der Waals surface area contributed by atoms with Crippen LogP contribution >= 0.6 is 11.8 Å². The number of hydrogen-bond donors (Lipinski definition) is 2. The summed E-state index contributed by atoms with van der Waals surface area (Å²) in [5, 5.41) is 9.65. The van der Waals surface area contributed by atoms with E-state index in [1.54, 1.807) is 0 Å². The third kappa shape index (κ3) is 4.04. The molecule has 6 nitrogen and oxygen atoms in total. The molecule has 1 saturated carbocycles. The summed E-state index contributed by atoms with van der Waals surface area (Å²) in [5.74, 6) is -0.597.